The van der Waals surface area contributed by atoms with E-state index in [1.54, 1.807) is 4.68 Å². The molecule has 0 saturated carbocycles. The normalized spacial score (nSPS) is 10.5. The molecule has 0 atom stereocenters. The first-order valence-electron chi connectivity index (χ1n) is 7.44. The van der Waals surface area contributed by atoms with Crippen LogP contribution in [0, 0.1) is 6.92 Å². The van der Waals surface area contributed by atoms with E-state index in [1.807, 2.05) is 62.4 Å². The summed E-state index contributed by atoms with van der Waals surface area (Å²) in [6.45, 7) is 4.58. The van der Waals surface area contributed by atoms with E-state index in [-0.39, 0.29) is 0 Å². The van der Waals surface area contributed by atoms with E-state index in [9.17, 15) is 4.79 Å². The minimum Gasteiger partial charge on any atom is -0.494 e. The van der Waals surface area contributed by atoms with E-state index >= 15 is 0 Å². The average molecular weight is 307 g/mol. The standard InChI is InChI=1S/C18H17N3O2/c1-3-23-16-10-8-15(9-11-16)21-18(17(12-22)19-20-21)14-6-4-13(2)5-7-14/h4-12H,3H2,1-2H3. The molecule has 116 valence electrons. The van der Waals surface area contributed by atoms with Gasteiger partial charge in [-0.15, -0.1) is 5.10 Å². The number of nitrogens with zero attached hydrogens (tertiary/aromatic N) is 3. The van der Waals surface area contributed by atoms with Crippen molar-refractivity contribution >= 4 is 6.29 Å². The summed E-state index contributed by atoms with van der Waals surface area (Å²) < 4.78 is 7.12. The zero-order valence-corrected chi connectivity index (χ0v) is 13.1. The fraction of sp³-hybridized carbons (Fsp3) is 0.167. The first kappa shape index (κ1) is 15.0. The topological polar surface area (TPSA) is 57.0 Å². The van der Waals surface area contributed by atoms with Gasteiger partial charge in [0.2, 0.25) is 0 Å². The Morgan fingerprint density at radius 1 is 1.09 bits per heavy atom. The fourth-order valence-electron chi connectivity index (χ4n) is 2.39. The van der Waals surface area contributed by atoms with Gasteiger partial charge in [0.25, 0.3) is 0 Å². The maximum Gasteiger partial charge on any atom is 0.172 e. The van der Waals surface area contributed by atoms with Gasteiger partial charge in [0.1, 0.15) is 11.4 Å². The minimum absolute atomic E-state index is 0.322. The zero-order valence-electron chi connectivity index (χ0n) is 13.1. The quantitative estimate of drug-likeness (QED) is 0.677. The number of rotatable bonds is 5. The van der Waals surface area contributed by atoms with Gasteiger partial charge in [-0.25, -0.2) is 4.68 Å². The highest BCUT2D eigenvalue weighted by Gasteiger charge is 2.15. The van der Waals surface area contributed by atoms with Gasteiger partial charge in [0.05, 0.1) is 12.3 Å². The summed E-state index contributed by atoms with van der Waals surface area (Å²) in [7, 11) is 0. The summed E-state index contributed by atoms with van der Waals surface area (Å²) in [4.78, 5) is 11.3. The third-order valence-electron chi connectivity index (χ3n) is 3.53. The molecule has 0 N–H and O–H groups in total. The summed E-state index contributed by atoms with van der Waals surface area (Å²) >= 11 is 0. The molecule has 0 aliphatic rings. The number of hydrogen-bond acceptors (Lipinski definition) is 4. The molecule has 0 aliphatic heterocycles. The molecule has 23 heavy (non-hydrogen) atoms. The van der Waals surface area contributed by atoms with Crippen LogP contribution >= 0.6 is 0 Å². The highest BCUT2D eigenvalue weighted by Crippen LogP contribution is 2.25. The summed E-state index contributed by atoms with van der Waals surface area (Å²) in [5.41, 5.74) is 3.88. The molecule has 1 aromatic heterocycles. The molecule has 0 radical (unpaired) electrons. The SMILES string of the molecule is CCOc1ccc(-n2nnc(C=O)c2-c2ccc(C)cc2)cc1. The third-order valence-corrected chi connectivity index (χ3v) is 3.53. The molecule has 0 amide bonds. The lowest BCUT2D eigenvalue weighted by molar-refractivity contribution is 0.111. The molecule has 1 heterocycles. The van der Waals surface area contributed by atoms with Crippen molar-refractivity contribution in [2.24, 2.45) is 0 Å². The van der Waals surface area contributed by atoms with Crippen LogP contribution in [0.1, 0.15) is 23.0 Å². The van der Waals surface area contributed by atoms with Crippen LogP contribution in [0.15, 0.2) is 48.5 Å². The van der Waals surface area contributed by atoms with E-state index in [0.717, 1.165) is 28.8 Å². The maximum absolute atomic E-state index is 11.3. The summed E-state index contributed by atoms with van der Waals surface area (Å²) in [5.74, 6) is 0.795. The number of aryl methyl sites for hydroxylation is 1. The smallest absolute Gasteiger partial charge is 0.172 e. The van der Waals surface area contributed by atoms with Crippen LogP contribution in [-0.2, 0) is 0 Å². The van der Waals surface area contributed by atoms with Gasteiger partial charge in [-0.05, 0) is 38.1 Å². The Kier molecular flexibility index (Phi) is 4.19. The lowest BCUT2D eigenvalue weighted by Crippen LogP contribution is -2.00. The van der Waals surface area contributed by atoms with Crippen molar-refractivity contribution < 1.29 is 9.53 Å². The predicted molar refractivity (Wildman–Crippen MR) is 88.1 cm³/mol. The molecule has 0 fully saturated rings. The molecule has 0 saturated heterocycles. The largest absolute Gasteiger partial charge is 0.494 e. The molecule has 0 aliphatic carbocycles. The second kappa shape index (κ2) is 6.44. The van der Waals surface area contributed by atoms with Gasteiger partial charge >= 0.3 is 0 Å². The van der Waals surface area contributed by atoms with Crippen LogP contribution in [0.25, 0.3) is 16.9 Å². The van der Waals surface area contributed by atoms with Crippen LogP contribution in [0.2, 0.25) is 0 Å². The van der Waals surface area contributed by atoms with Gasteiger partial charge in [-0.2, -0.15) is 0 Å². The Hall–Kier alpha value is -2.95. The molecule has 3 rings (SSSR count). The molecule has 0 unspecified atom stereocenters. The molecular weight excluding hydrogens is 290 g/mol. The lowest BCUT2D eigenvalue weighted by Gasteiger charge is -2.09. The Labute approximate surface area is 134 Å². The first-order chi connectivity index (χ1) is 11.2. The second-order valence-corrected chi connectivity index (χ2v) is 5.15. The van der Waals surface area contributed by atoms with E-state index in [1.165, 1.54) is 0 Å². The van der Waals surface area contributed by atoms with Crippen molar-refractivity contribution in [3.05, 3.63) is 59.8 Å². The third kappa shape index (κ3) is 2.99. The highest BCUT2D eigenvalue weighted by molar-refractivity contribution is 5.84. The number of benzene rings is 2. The van der Waals surface area contributed by atoms with E-state index < -0.39 is 0 Å². The van der Waals surface area contributed by atoms with Crippen molar-refractivity contribution in [3.8, 4) is 22.7 Å². The van der Waals surface area contributed by atoms with Crippen LogP contribution in [0.5, 0.6) is 5.75 Å². The summed E-state index contributed by atoms with van der Waals surface area (Å²) in [6, 6.07) is 15.5. The molecule has 0 bridgehead atoms. The van der Waals surface area contributed by atoms with Gasteiger partial charge in [-0.1, -0.05) is 35.0 Å². The highest BCUT2D eigenvalue weighted by atomic mass is 16.5. The van der Waals surface area contributed by atoms with Crippen molar-refractivity contribution in [2.75, 3.05) is 6.61 Å². The second-order valence-electron chi connectivity index (χ2n) is 5.15. The van der Waals surface area contributed by atoms with Crippen LogP contribution in [0.3, 0.4) is 0 Å². The lowest BCUT2D eigenvalue weighted by atomic mass is 10.1. The number of hydrogen-bond donors (Lipinski definition) is 0. The Balaban J connectivity index is 2.07. The van der Waals surface area contributed by atoms with Crippen LogP contribution in [-0.4, -0.2) is 27.9 Å². The van der Waals surface area contributed by atoms with Gasteiger partial charge in [0, 0.05) is 5.56 Å². The predicted octanol–water partition coefficient (Wildman–Crippen LogP) is 3.45. The fourth-order valence-corrected chi connectivity index (χ4v) is 2.39. The van der Waals surface area contributed by atoms with Crippen molar-refractivity contribution in [2.45, 2.75) is 13.8 Å². The first-order valence-corrected chi connectivity index (χ1v) is 7.44. The Morgan fingerprint density at radius 3 is 2.39 bits per heavy atom. The molecule has 5 nitrogen and oxygen atoms in total. The van der Waals surface area contributed by atoms with Crippen molar-refractivity contribution in [1.29, 1.82) is 0 Å². The number of ether oxygens (including phenoxy) is 1. The monoisotopic (exact) mass is 307 g/mol. The molecule has 5 heteroatoms. The number of carbonyl (C=O) groups excluding carboxylic acids is 1. The summed E-state index contributed by atoms with van der Waals surface area (Å²) in [5, 5.41) is 8.11. The Morgan fingerprint density at radius 2 is 1.78 bits per heavy atom. The van der Waals surface area contributed by atoms with Gasteiger partial charge in [0.15, 0.2) is 12.0 Å². The van der Waals surface area contributed by atoms with Crippen molar-refractivity contribution in [3.63, 3.8) is 0 Å². The molecule has 0 spiro atoms. The maximum atomic E-state index is 11.3. The summed E-state index contributed by atoms with van der Waals surface area (Å²) in [6.07, 6.45) is 0.729. The van der Waals surface area contributed by atoms with Crippen molar-refractivity contribution in [1.82, 2.24) is 15.0 Å². The number of carbonyl (C=O) groups is 1. The van der Waals surface area contributed by atoms with Crippen LogP contribution < -0.4 is 4.74 Å². The van der Waals surface area contributed by atoms with Gasteiger partial charge in [-0.3, -0.25) is 4.79 Å². The minimum atomic E-state index is 0.322. The van der Waals surface area contributed by atoms with Gasteiger partial charge < -0.3 is 4.74 Å². The molecule has 2 aromatic carbocycles. The molecular formula is C18H17N3O2. The van der Waals surface area contributed by atoms with E-state index in [4.69, 9.17) is 4.74 Å². The number of aldehydes is 1. The average Bonchev–Trinajstić information content (AvgIpc) is 3.00. The molecule has 3 aromatic rings. The Bertz CT molecular complexity index is 805. The van der Waals surface area contributed by atoms with E-state index in [2.05, 4.69) is 10.3 Å². The zero-order chi connectivity index (χ0) is 16.2. The van der Waals surface area contributed by atoms with Crippen LogP contribution in [0.4, 0.5) is 0 Å². The van der Waals surface area contributed by atoms with E-state index in [0.29, 0.717) is 18.0 Å². The number of aromatic nitrogens is 3.